The lowest BCUT2D eigenvalue weighted by Gasteiger charge is -2.19. The molecular weight excluding hydrogens is 454 g/mol. The van der Waals surface area contributed by atoms with Crippen molar-refractivity contribution >= 4 is 22.0 Å². The number of benzene rings is 2. The SMILES string of the molecule is COc1cc(-c2nnn(Cc3ccc(C#N)cc3)n2)ccc1S(=O)(=O)N(CC(N)=O)C(=O)O. The number of methoxy groups -OCH3 is 1. The predicted octanol–water partition coefficient (Wildman–Crippen LogP) is 0.423. The van der Waals surface area contributed by atoms with Gasteiger partial charge in [0.25, 0.3) is 10.0 Å². The number of aromatic nitrogens is 4. The molecule has 33 heavy (non-hydrogen) atoms. The molecule has 2 amide bonds. The number of carbonyl (C=O) groups is 2. The Morgan fingerprint density at radius 3 is 2.52 bits per heavy atom. The second kappa shape index (κ2) is 9.32. The Labute approximate surface area is 187 Å². The Kier molecular flexibility index (Phi) is 6.54. The van der Waals surface area contributed by atoms with Crippen LogP contribution in [0.5, 0.6) is 5.75 Å². The third kappa shape index (κ3) is 5.05. The van der Waals surface area contributed by atoms with Gasteiger partial charge in [0.15, 0.2) is 0 Å². The number of carboxylic acid groups (broad SMARTS) is 1. The maximum Gasteiger partial charge on any atom is 0.421 e. The van der Waals surface area contributed by atoms with E-state index in [9.17, 15) is 23.1 Å². The minimum Gasteiger partial charge on any atom is -0.495 e. The molecule has 0 unspecified atom stereocenters. The maximum atomic E-state index is 12.8. The molecule has 0 aliphatic heterocycles. The van der Waals surface area contributed by atoms with E-state index in [1.807, 2.05) is 6.07 Å². The highest BCUT2D eigenvalue weighted by molar-refractivity contribution is 7.89. The summed E-state index contributed by atoms with van der Waals surface area (Å²) in [5.74, 6) is -1.16. The van der Waals surface area contributed by atoms with E-state index in [1.165, 1.54) is 24.0 Å². The first-order valence-corrected chi connectivity index (χ1v) is 10.6. The van der Waals surface area contributed by atoms with Gasteiger partial charge in [0.05, 0.1) is 25.3 Å². The van der Waals surface area contributed by atoms with Gasteiger partial charge in [-0.2, -0.15) is 14.4 Å². The zero-order valence-corrected chi connectivity index (χ0v) is 17.9. The highest BCUT2D eigenvalue weighted by atomic mass is 32.2. The predicted molar refractivity (Wildman–Crippen MR) is 111 cm³/mol. The minimum atomic E-state index is -4.65. The minimum absolute atomic E-state index is 0.0705. The molecule has 0 fully saturated rings. The first-order valence-electron chi connectivity index (χ1n) is 9.15. The summed E-state index contributed by atoms with van der Waals surface area (Å²) in [6.07, 6.45) is -1.87. The van der Waals surface area contributed by atoms with Gasteiger partial charge in [-0.3, -0.25) is 4.79 Å². The van der Waals surface area contributed by atoms with Gasteiger partial charge in [-0.05, 0) is 41.1 Å². The summed E-state index contributed by atoms with van der Waals surface area (Å²) < 4.78 is 30.6. The number of amides is 2. The molecule has 14 heteroatoms. The van der Waals surface area contributed by atoms with Crippen LogP contribution >= 0.6 is 0 Å². The van der Waals surface area contributed by atoms with Crippen molar-refractivity contribution < 1.29 is 27.9 Å². The molecule has 0 atom stereocenters. The van der Waals surface area contributed by atoms with E-state index in [0.29, 0.717) is 11.1 Å². The van der Waals surface area contributed by atoms with Crippen molar-refractivity contribution in [2.24, 2.45) is 5.73 Å². The van der Waals surface area contributed by atoms with Crippen LogP contribution in [0, 0.1) is 11.3 Å². The van der Waals surface area contributed by atoms with E-state index in [4.69, 9.17) is 15.7 Å². The summed E-state index contributed by atoms with van der Waals surface area (Å²) >= 11 is 0. The fourth-order valence-electron chi connectivity index (χ4n) is 2.81. The lowest BCUT2D eigenvalue weighted by molar-refractivity contribution is -0.118. The molecule has 1 heterocycles. The zero-order chi connectivity index (χ0) is 24.2. The molecule has 3 aromatic rings. The van der Waals surface area contributed by atoms with E-state index in [-0.39, 0.29) is 22.4 Å². The van der Waals surface area contributed by atoms with Crippen LogP contribution in [0.15, 0.2) is 47.4 Å². The number of hydrogen-bond donors (Lipinski definition) is 2. The van der Waals surface area contributed by atoms with Gasteiger partial charge in [0.2, 0.25) is 11.7 Å². The first kappa shape index (κ1) is 23.2. The number of carbonyl (C=O) groups excluding carboxylic acids is 1. The lowest BCUT2D eigenvalue weighted by atomic mass is 10.1. The zero-order valence-electron chi connectivity index (χ0n) is 17.1. The van der Waals surface area contributed by atoms with Crippen molar-refractivity contribution in [2.45, 2.75) is 11.4 Å². The summed E-state index contributed by atoms with van der Waals surface area (Å²) in [5, 5.41) is 30.2. The number of nitrogens with two attached hydrogens (primary N) is 1. The molecule has 3 rings (SSSR count). The monoisotopic (exact) mass is 471 g/mol. The molecular formula is C19H17N7O6S. The van der Waals surface area contributed by atoms with Gasteiger partial charge in [-0.15, -0.1) is 10.2 Å². The molecule has 2 aromatic carbocycles. The van der Waals surface area contributed by atoms with Crippen molar-refractivity contribution in [2.75, 3.05) is 13.7 Å². The van der Waals surface area contributed by atoms with Crippen LogP contribution in [-0.2, 0) is 21.4 Å². The van der Waals surface area contributed by atoms with E-state index < -0.39 is 33.5 Å². The standard InChI is InChI=1S/C19H17N7O6S/c1-32-15-8-14(6-7-16(15)33(30,31)25(19(28)29)11-17(21)27)18-22-24-26(23-18)10-13-4-2-12(9-20)3-5-13/h2-8H,10-11H2,1H3,(H2,21,27)(H,28,29). The largest absolute Gasteiger partial charge is 0.495 e. The van der Waals surface area contributed by atoms with E-state index in [2.05, 4.69) is 15.4 Å². The lowest BCUT2D eigenvalue weighted by Crippen LogP contribution is -2.41. The number of nitriles is 1. The summed E-state index contributed by atoms with van der Waals surface area (Å²) in [4.78, 5) is 23.3. The van der Waals surface area contributed by atoms with Crippen molar-refractivity contribution in [1.29, 1.82) is 5.26 Å². The number of nitrogens with zero attached hydrogens (tertiary/aromatic N) is 6. The number of hydrogen-bond acceptors (Lipinski definition) is 9. The molecule has 0 aliphatic carbocycles. The van der Waals surface area contributed by atoms with E-state index in [0.717, 1.165) is 11.6 Å². The third-order valence-electron chi connectivity index (χ3n) is 4.36. The average Bonchev–Trinajstić information content (AvgIpc) is 3.25. The third-order valence-corrected chi connectivity index (χ3v) is 6.12. The maximum absolute atomic E-state index is 12.8. The highest BCUT2D eigenvalue weighted by Crippen LogP contribution is 2.30. The van der Waals surface area contributed by atoms with Crippen LogP contribution in [0.1, 0.15) is 11.1 Å². The molecule has 0 aliphatic rings. The molecule has 1 aromatic heterocycles. The van der Waals surface area contributed by atoms with Crippen LogP contribution in [0.2, 0.25) is 0 Å². The second-order valence-corrected chi connectivity index (χ2v) is 8.41. The summed E-state index contributed by atoms with van der Waals surface area (Å²) in [6.45, 7) is -0.767. The Morgan fingerprint density at radius 1 is 1.24 bits per heavy atom. The molecule has 0 bridgehead atoms. The van der Waals surface area contributed by atoms with Crippen molar-refractivity contribution in [1.82, 2.24) is 24.5 Å². The molecule has 170 valence electrons. The fraction of sp³-hybridized carbons (Fsp3) is 0.158. The van der Waals surface area contributed by atoms with Crippen molar-refractivity contribution in [3.8, 4) is 23.2 Å². The van der Waals surface area contributed by atoms with Crippen LogP contribution in [0.25, 0.3) is 11.4 Å². The number of ether oxygens (including phenoxy) is 1. The smallest absolute Gasteiger partial charge is 0.421 e. The van der Waals surface area contributed by atoms with Gasteiger partial charge in [-0.1, -0.05) is 12.1 Å². The van der Waals surface area contributed by atoms with E-state index >= 15 is 0 Å². The quantitative estimate of drug-likeness (QED) is 0.465. The topological polar surface area (TPSA) is 194 Å². The molecule has 3 N–H and O–H groups in total. The first-order chi connectivity index (χ1) is 15.6. The normalized spacial score (nSPS) is 10.9. The number of tetrazole rings is 1. The highest BCUT2D eigenvalue weighted by Gasteiger charge is 2.33. The molecule has 0 spiro atoms. The number of rotatable bonds is 8. The number of primary amides is 1. The second-order valence-electron chi connectivity index (χ2n) is 6.58. The van der Waals surface area contributed by atoms with Crippen LogP contribution in [0.3, 0.4) is 0 Å². The van der Waals surface area contributed by atoms with Crippen LogP contribution < -0.4 is 10.5 Å². The fourth-order valence-corrected chi connectivity index (χ4v) is 4.19. The summed E-state index contributed by atoms with van der Waals surface area (Å²) in [7, 11) is -3.45. The summed E-state index contributed by atoms with van der Waals surface area (Å²) in [5.41, 5.74) is 6.68. The number of sulfonamides is 1. The Bertz CT molecular complexity index is 1350. The van der Waals surface area contributed by atoms with Gasteiger partial charge < -0.3 is 15.6 Å². The van der Waals surface area contributed by atoms with Crippen molar-refractivity contribution in [3.05, 3.63) is 53.6 Å². The average molecular weight is 471 g/mol. The van der Waals surface area contributed by atoms with Gasteiger partial charge in [-0.25, -0.2) is 13.2 Å². The Balaban J connectivity index is 1.90. The van der Waals surface area contributed by atoms with Gasteiger partial charge in [0, 0.05) is 5.56 Å². The van der Waals surface area contributed by atoms with Crippen LogP contribution in [0.4, 0.5) is 4.79 Å². The molecule has 0 saturated heterocycles. The Morgan fingerprint density at radius 2 is 1.94 bits per heavy atom. The van der Waals surface area contributed by atoms with Crippen molar-refractivity contribution in [3.63, 3.8) is 0 Å². The molecule has 0 radical (unpaired) electrons. The van der Waals surface area contributed by atoms with Gasteiger partial charge in [0.1, 0.15) is 17.2 Å². The van der Waals surface area contributed by atoms with Gasteiger partial charge >= 0.3 is 6.09 Å². The summed E-state index contributed by atoms with van der Waals surface area (Å²) in [6, 6.07) is 12.6. The van der Waals surface area contributed by atoms with Crippen LogP contribution in [-0.4, -0.2) is 63.7 Å². The molecule has 0 saturated carbocycles. The van der Waals surface area contributed by atoms with E-state index in [1.54, 1.807) is 24.3 Å². The Hall–Kier alpha value is -4.51. The molecule has 13 nitrogen and oxygen atoms in total.